The molecular weight excluding hydrogens is 236 g/mol. The number of ether oxygens (including phenoxy) is 1. The number of carbonyl (C=O) groups excluding carboxylic acids is 1. The fourth-order valence-corrected chi connectivity index (χ4v) is 2.06. The van der Waals surface area contributed by atoms with Gasteiger partial charge in [0.05, 0.1) is 6.10 Å². The molecule has 1 atom stereocenters. The number of aryl methyl sites for hydroxylation is 1. The molecule has 0 saturated carbocycles. The topological polar surface area (TPSA) is 26.3 Å². The lowest BCUT2D eigenvalue weighted by Gasteiger charge is -2.12. The molecule has 0 heterocycles. The Hall–Kier alpha value is -1.15. The van der Waals surface area contributed by atoms with Crippen LogP contribution in [-0.4, -0.2) is 18.5 Å². The van der Waals surface area contributed by atoms with Crippen LogP contribution >= 0.6 is 0 Å². The van der Waals surface area contributed by atoms with Crippen molar-refractivity contribution in [2.75, 3.05) is 6.61 Å². The summed E-state index contributed by atoms with van der Waals surface area (Å²) in [5.74, 6) is 0.0732. The van der Waals surface area contributed by atoms with E-state index in [-0.39, 0.29) is 18.5 Å². The summed E-state index contributed by atoms with van der Waals surface area (Å²) in [5, 5.41) is 0. The predicted molar refractivity (Wildman–Crippen MR) is 79.7 cm³/mol. The average Bonchev–Trinajstić information content (AvgIpc) is 2.41. The Morgan fingerprint density at radius 2 is 2.05 bits per heavy atom. The van der Waals surface area contributed by atoms with Crippen LogP contribution in [0.1, 0.15) is 61.9 Å². The molecule has 1 aromatic carbocycles. The molecule has 0 amide bonds. The second-order valence-corrected chi connectivity index (χ2v) is 5.26. The molecule has 0 N–H and O–H groups in total. The molecule has 1 rings (SSSR count). The van der Waals surface area contributed by atoms with Crippen molar-refractivity contribution in [1.29, 1.82) is 0 Å². The van der Waals surface area contributed by atoms with Crippen molar-refractivity contribution in [2.24, 2.45) is 0 Å². The van der Waals surface area contributed by atoms with Crippen LogP contribution in [0.15, 0.2) is 24.3 Å². The number of rotatable bonds is 9. The zero-order chi connectivity index (χ0) is 14.1. The van der Waals surface area contributed by atoms with Crippen molar-refractivity contribution in [2.45, 2.75) is 59.0 Å². The van der Waals surface area contributed by atoms with E-state index in [1.807, 2.05) is 31.2 Å². The Labute approximate surface area is 117 Å². The van der Waals surface area contributed by atoms with Crippen LogP contribution in [0, 0.1) is 6.92 Å². The fourth-order valence-electron chi connectivity index (χ4n) is 2.06. The monoisotopic (exact) mass is 262 g/mol. The van der Waals surface area contributed by atoms with Gasteiger partial charge in [0, 0.05) is 5.56 Å². The fraction of sp³-hybridized carbons (Fsp3) is 0.588. The summed E-state index contributed by atoms with van der Waals surface area (Å²) in [6.07, 6.45) is 6.20. The summed E-state index contributed by atoms with van der Waals surface area (Å²) >= 11 is 0. The Balaban J connectivity index is 2.26. The maximum atomic E-state index is 12.0. The largest absolute Gasteiger partial charge is 0.370 e. The van der Waals surface area contributed by atoms with Crippen LogP contribution in [0.4, 0.5) is 0 Å². The second-order valence-electron chi connectivity index (χ2n) is 5.26. The molecule has 19 heavy (non-hydrogen) atoms. The molecule has 0 aromatic heterocycles. The molecule has 1 aromatic rings. The number of hydrogen-bond acceptors (Lipinski definition) is 2. The van der Waals surface area contributed by atoms with Gasteiger partial charge in [-0.2, -0.15) is 0 Å². The van der Waals surface area contributed by atoms with E-state index in [9.17, 15) is 4.79 Å². The molecule has 2 heteroatoms. The van der Waals surface area contributed by atoms with Crippen molar-refractivity contribution in [3.63, 3.8) is 0 Å². The van der Waals surface area contributed by atoms with Crippen LogP contribution in [0.2, 0.25) is 0 Å². The Bertz CT molecular complexity index is 385. The van der Waals surface area contributed by atoms with Gasteiger partial charge in [-0.3, -0.25) is 4.79 Å². The molecule has 1 unspecified atom stereocenters. The molecule has 0 radical (unpaired) electrons. The molecule has 2 nitrogen and oxygen atoms in total. The zero-order valence-electron chi connectivity index (χ0n) is 12.4. The summed E-state index contributed by atoms with van der Waals surface area (Å²) in [6.45, 7) is 6.45. The SMILES string of the molecule is CCCCCCC(C)OCC(=O)c1cccc(C)c1. The van der Waals surface area contributed by atoms with E-state index in [0.29, 0.717) is 0 Å². The van der Waals surface area contributed by atoms with Crippen molar-refractivity contribution >= 4 is 5.78 Å². The van der Waals surface area contributed by atoms with E-state index in [1.165, 1.54) is 25.7 Å². The Morgan fingerprint density at radius 1 is 1.26 bits per heavy atom. The summed E-state index contributed by atoms with van der Waals surface area (Å²) < 4.78 is 5.63. The third-order valence-electron chi connectivity index (χ3n) is 3.30. The van der Waals surface area contributed by atoms with Gasteiger partial charge >= 0.3 is 0 Å². The smallest absolute Gasteiger partial charge is 0.188 e. The van der Waals surface area contributed by atoms with Crippen molar-refractivity contribution in [3.05, 3.63) is 35.4 Å². The van der Waals surface area contributed by atoms with Gasteiger partial charge in [-0.25, -0.2) is 0 Å². The third kappa shape index (κ3) is 6.53. The van der Waals surface area contributed by atoms with Gasteiger partial charge in [0.15, 0.2) is 5.78 Å². The maximum absolute atomic E-state index is 12.0. The van der Waals surface area contributed by atoms with E-state index in [2.05, 4.69) is 13.8 Å². The third-order valence-corrected chi connectivity index (χ3v) is 3.30. The highest BCUT2D eigenvalue weighted by atomic mass is 16.5. The van der Waals surface area contributed by atoms with Crippen LogP contribution in [0.25, 0.3) is 0 Å². The minimum atomic E-state index is 0.0732. The summed E-state index contributed by atoms with van der Waals surface area (Å²) in [7, 11) is 0. The molecule has 0 aliphatic rings. The first-order chi connectivity index (χ1) is 9.13. The highest BCUT2D eigenvalue weighted by Crippen LogP contribution is 2.09. The number of Topliss-reactive ketones (excluding diaryl/α,β-unsaturated/α-hetero) is 1. The second kappa shape index (κ2) is 8.87. The lowest BCUT2D eigenvalue weighted by atomic mass is 10.1. The minimum absolute atomic E-state index is 0.0732. The van der Waals surface area contributed by atoms with Crippen LogP contribution in [0.5, 0.6) is 0 Å². The number of ketones is 1. The lowest BCUT2D eigenvalue weighted by molar-refractivity contribution is 0.0483. The summed E-state index contributed by atoms with van der Waals surface area (Å²) in [5.41, 5.74) is 1.86. The first-order valence-electron chi connectivity index (χ1n) is 7.35. The van der Waals surface area contributed by atoms with Gasteiger partial charge in [-0.15, -0.1) is 0 Å². The molecule has 0 fully saturated rings. The maximum Gasteiger partial charge on any atom is 0.188 e. The van der Waals surface area contributed by atoms with Crippen LogP contribution in [-0.2, 0) is 4.74 Å². The van der Waals surface area contributed by atoms with E-state index >= 15 is 0 Å². The van der Waals surface area contributed by atoms with Gasteiger partial charge in [-0.1, -0.05) is 56.4 Å². The van der Waals surface area contributed by atoms with Crippen molar-refractivity contribution in [3.8, 4) is 0 Å². The normalized spacial score (nSPS) is 12.4. The highest BCUT2D eigenvalue weighted by molar-refractivity contribution is 5.97. The molecule has 0 aliphatic carbocycles. The molecule has 0 saturated heterocycles. The van der Waals surface area contributed by atoms with Crippen LogP contribution < -0.4 is 0 Å². The number of carbonyl (C=O) groups is 1. The molecule has 0 aliphatic heterocycles. The summed E-state index contributed by atoms with van der Waals surface area (Å²) in [4.78, 5) is 12.0. The van der Waals surface area contributed by atoms with Gasteiger partial charge in [0.1, 0.15) is 6.61 Å². The quantitative estimate of drug-likeness (QED) is 0.482. The number of unbranched alkanes of at least 4 members (excludes halogenated alkanes) is 3. The first kappa shape index (κ1) is 15.9. The summed E-state index contributed by atoms with van der Waals surface area (Å²) in [6, 6.07) is 7.67. The highest BCUT2D eigenvalue weighted by Gasteiger charge is 2.09. The van der Waals surface area contributed by atoms with E-state index in [1.54, 1.807) is 0 Å². The average molecular weight is 262 g/mol. The van der Waals surface area contributed by atoms with E-state index in [0.717, 1.165) is 17.5 Å². The van der Waals surface area contributed by atoms with Crippen molar-refractivity contribution in [1.82, 2.24) is 0 Å². The lowest BCUT2D eigenvalue weighted by Crippen LogP contribution is -2.16. The van der Waals surface area contributed by atoms with E-state index < -0.39 is 0 Å². The Morgan fingerprint density at radius 3 is 2.74 bits per heavy atom. The van der Waals surface area contributed by atoms with Gasteiger partial charge < -0.3 is 4.74 Å². The Kier molecular flexibility index (Phi) is 7.42. The molecule has 0 spiro atoms. The number of benzene rings is 1. The van der Waals surface area contributed by atoms with Gasteiger partial charge in [-0.05, 0) is 26.3 Å². The first-order valence-corrected chi connectivity index (χ1v) is 7.35. The predicted octanol–water partition coefficient (Wildman–Crippen LogP) is 4.55. The standard InChI is InChI=1S/C17H26O2/c1-4-5-6-7-10-15(3)19-13-17(18)16-11-8-9-14(2)12-16/h8-9,11-12,15H,4-7,10,13H2,1-3H3. The molecule has 0 bridgehead atoms. The minimum Gasteiger partial charge on any atom is -0.370 e. The molecule has 106 valence electrons. The van der Waals surface area contributed by atoms with Gasteiger partial charge in [0.25, 0.3) is 0 Å². The van der Waals surface area contributed by atoms with E-state index in [4.69, 9.17) is 4.74 Å². The number of hydrogen-bond donors (Lipinski definition) is 0. The van der Waals surface area contributed by atoms with Crippen LogP contribution in [0.3, 0.4) is 0 Å². The van der Waals surface area contributed by atoms with Crippen molar-refractivity contribution < 1.29 is 9.53 Å². The molecular formula is C17H26O2. The van der Waals surface area contributed by atoms with Gasteiger partial charge in [0.2, 0.25) is 0 Å². The zero-order valence-corrected chi connectivity index (χ0v) is 12.4.